The Kier molecular flexibility index (Phi) is 7.69. The third-order valence-electron chi connectivity index (χ3n) is 5.37. The number of anilines is 1. The Balaban J connectivity index is 1.45. The van der Waals surface area contributed by atoms with E-state index in [1.165, 1.54) is 26.9 Å². The molecule has 0 bridgehead atoms. The molecule has 1 N–H and O–H groups in total. The predicted molar refractivity (Wildman–Crippen MR) is 128 cm³/mol. The Morgan fingerprint density at radius 2 is 1.65 bits per heavy atom. The van der Waals surface area contributed by atoms with Gasteiger partial charge in [-0.3, -0.25) is 9.10 Å². The first kappa shape index (κ1) is 22.8. The highest BCUT2D eigenvalue weighted by atomic mass is 32.2. The second-order valence-corrected chi connectivity index (χ2v) is 9.72. The number of benzene rings is 3. The fourth-order valence-corrected chi connectivity index (χ4v) is 4.82. The van der Waals surface area contributed by atoms with Gasteiger partial charge in [0.25, 0.3) is 0 Å². The van der Waals surface area contributed by atoms with E-state index in [4.69, 9.17) is 0 Å². The predicted octanol–water partition coefficient (Wildman–Crippen LogP) is 4.44. The number of sulfonamides is 1. The number of aryl methyl sites for hydroxylation is 2. The molecule has 0 aliphatic carbocycles. The molecule has 0 aliphatic heterocycles. The third-order valence-corrected chi connectivity index (χ3v) is 6.55. The molecule has 0 aromatic heterocycles. The fraction of sp³-hybridized carbons (Fsp3) is 0.320. The van der Waals surface area contributed by atoms with Crippen LogP contribution in [-0.2, 0) is 21.2 Å². The van der Waals surface area contributed by atoms with E-state index < -0.39 is 10.0 Å². The summed E-state index contributed by atoms with van der Waals surface area (Å²) in [4.78, 5) is 12.2. The first-order valence-electron chi connectivity index (χ1n) is 10.6. The zero-order valence-corrected chi connectivity index (χ0v) is 19.0. The quantitative estimate of drug-likeness (QED) is 0.476. The number of carbonyl (C=O) groups is 1. The molecule has 0 saturated carbocycles. The highest BCUT2D eigenvalue weighted by molar-refractivity contribution is 7.92. The van der Waals surface area contributed by atoms with Crippen LogP contribution in [0, 0.1) is 6.92 Å². The van der Waals surface area contributed by atoms with Gasteiger partial charge in [0.2, 0.25) is 15.9 Å². The number of amides is 1. The Hall–Kier alpha value is -2.86. The van der Waals surface area contributed by atoms with Crippen LogP contribution in [0.5, 0.6) is 0 Å². The second-order valence-electron chi connectivity index (χ2n) is 7.82. The fourth-order valence-electron chi connectivity index (χ4n) is 3.80. The maximum Gasteiger partial charge on any atom is 0.232 e. The van der Waals surface area contributed by atoms with Crippen molar-refractivity contribution in [1.29, 1.82) is 0 Å². The normalized spacial score (nSPS) is 11.4. The largest absolute Gasteiger partial charge is 0.356 e. The SMILES string of the molecule is Cc1ccccc1N(CCCC(=O)NCCCc1cccc2ccccc12)S(C)(=O)=O. The molecular weight excluding hydrogens is 408 g/mol. The van der Waals surface area contributed by atoms with Gasteiger partial charge in [-0.25, -0.2) is 8.42 Å². The standard InChI is InChI=1S/C25H30N2O3S/c1-20-10-3-6-16-24(20)27(31(2,29)30)19-9-17-25(28)26-18-8-14-22-13-7-12-21-11-4-5-15-23(21)22/h3-7,10-13,15-16H,8-9,14,17-19H2,1-2H3,(H,26,28). The molecule has 0 atom stereocenters. The molecule has 31 heavy (non-hydrogen) atoms. The number of para-hydroxylation sites is 1. The second kappa shape index (κ2) is 10.4. The maximum absolute atomic E-state index is 12.2. The van der Waals surface area contributed by atoms with Crippen molar-refractivity contribution in [1.82, 2.24) is 5.32 Å². The number of hydrogen-bond donors (Lipinski definition) is 1. The molecular formula is C25H30N2O3S. The average Bonchev–Trinajstić information content (AvgIpc) is 2.74. The Morgan fingerprint density at radius 1 is 0.935 bits per heavy atom. The molecule has 0 spiro atoms. The van der Waals surface area contributed by atoms with E-state index in [1.807, 2.05) is 37.3 Å². The van der Waals surface area contributed by atoms with E-state index in [0.29, 0.717) is 25.1 Å². The van der Waals surface area contributed by atoms with Crippen molar-refractivity contribution in [2.45, 2.75) is 32.6 Å². The van der Waals surface area contributed by atoms with Crippen molar-refractivity contribution in [3.63, 3.8) is 0 Å². The van der Waals surface area contributed by atoms with Gasteiger partial charge in [-0.15, -0.1) is 0 Å². The van der Waals surface area contributed by atoms with Gasteiger partial charge >= 0.3 is 0 Å². The molecule has 0 unspecified atom stereocenters. The summed E-state index contributed by atoms with van der Waals surface area (Å²) in [5, 5.41) is 5.45. The summed E-state index contributed by atoms with van der Waals surface area (Å²) in [7, 11) is -3.41. The molecule has 3 rings (SSSR count). The molecule has 0 heterocycles. The van der Waals surface area contributed by atoms with Crippen LogP contribution in [0.25, 0.3) is 10.8 Å². The van der Waals surface area contributed by atoms with Gasteiger partial charge in [0.15, 0.2) is 0 Å². The molecule has 3 aromatic carbocycles. The van der Waals surface area contributed by atoms with E-state index in [-0.39, 0.29) is 12.5 Å². The topological polar surface area (TPSA) is 66.5 Å². The molecule has 0 aliphatic rings. The number of carbonyl (C=O) groups excluding carboxylic acids is 1. The van der Waals surface area contributed by atoms with Crippen molar-refractivity contribution >= 4 is 32.4 Å². The highest BCUT2D eigenvalue weighted by Gasteiger charge is 2.18. The van der Waals surface area contributed by atoms with Crippen molar-refractivity contribution in [3.8, 4) is 0 Å². The lowest BCUT2D eigenvalue weighted by Gasteiger charge is -2.24. The van der Waals surface area contributed by atoms with Crippen LogP contribution in [0.1, 0.15) is 30.4 Å². The van der Waals surface area contributed by atoms with Crippen LogP contribution in [0.15, 0.2) is 66.7 Å². The number of nitrogens with zero attached hydrogens (tertiary/aromatic N) is 1. The van der Waals surface area contributed by atoms with Gasteiger partial charge < -0.3 is 5.32 Å². The molecule has 1 amide bonds. The van der Waals surface area contributed by atoms with E-state index in [1.54, 1.807) is 6.07 Å². The maximum atomic E-state index is 12.2. The first-order chi connectivity index (χ1) is 14.9. The van der Waals surface area contributed by atoms with Crippen LogP contribution < -0.4 is 9.62 Å². The van der Waals surface area contributed by atoms with Crippen LogP contribution in [0.2, 0.25) is 0 Å². The molecule has 164 valence electrons. The summed E-state index contributed by atoms with van der Waals surface area (Å²) in [6, 6.07) is 22.0. The summed E-state index contributed by atoms with van der Waals surface area (Å²) in [6.45, 7) is 2.78. The molecule has 6 heteroatoms. The molecule has 0 fully saturated rings. The monoisotopic (exact) mass is 438 g/mol. The van der Waals surface area contributed by atoms with E-state index in [9.17, 15) is 13.2 Å². The Morgan fingerprint density at radius 3 is 2.42 bits per heavy atom. The molecule has 0 radical (unpaired) electrons. The Bertz CT molecular complexity index is 1140. The van der Waals surface area contributed by atoms with Gasteiger partial charge in [0.05, 0.1) is 11.9 Å². The van der Waals surface area contributed by atoms with Crippen LogP contribution in [0.4, 0.5) is 5.69 Å². The van der Waals surface area contributed by atoms with Crippen molar-refractivity contribution in [3.05, 3.63) is 77.9 Å². The number of fused-ring (bicyclic) bond motifs is 1. The first-order valence-corrected chi connectivity index (χ1v) is 12.5. The highest BCUT2D eigenvalue weighted by Crippen LogP contribution is 2.22. The number of rotatable bonds is 10. The third kappa shape index (κ3) is 6.31. The minimum atomic E-state index is -3.41. The minimum absolute atomic E-state index is 0.0452. The summed E-state index contributed by atoms with van der Waals surface area (Å²) >= 11 is 0. The van der Waals surface area contributed by atoms with Gasteiger partial charge in [-0.05, 0) is 54.2 Å². The molecule has 5 nitrogen and oxygen atoms in total. The summed E-state index contributed by atoms with van der Waals surface area (Å²) in [5.41, 5.74) is 2.85. The van der Waals surface area contributed by atoms with Gasteiger partial charge in [-0.1, -0.05) is 60.7 Å². The van der Waals surface area contributed by atoms with Crippen molar-refractivity contribution < 1.29 is 13.2 Å². The van der Waals surface area contributed by atoms with Crippen LogP contribution in [0.3, 0.4) is 0 Å². The smallest absolute Gasteiger partial charge is 0.232 e. The van der Waals surface area contributed by atoms with Gasteiger partial charge in [0.1, 0.15) is 0 Å². The van der Waals surface area contributed by atoms with E-state index in [2.05, 4.69) is 35.6 Å². The van der Waals surface area contributed by atoms with Gasteiger partial charge in [0, 0.05) is 19.5 Å². The lowest BCUT2D eigenvalue weighted by atomic mass is 10.0. The lowest BCUT2D eigenvalue weighted by Crippen LogP contribution is -2.32. The number of hydrogen-bond acceptors (Lipinski definition) is 3. The summed E-state index contributed by atoms with van der Waals surface area (Å²) in [6.07, 6.45) is 3.73. The average molecular weight is 439 g/mol. The zero-order valence-electron chi connectivity index (χ0n) is 18.2. The molecule has 0 saturated heterocycles. The zero-order chi connectivity index (χ0) is 22.3. The minimum Gasteiger partial charge on any atom is -0.356 e. The number of nitrogens with one attached hydrogen (secondary N) is 1. The lowest BCUT2D eigenvalue weighted by molar-refractivity contribution is -0.121. The summed E-state index contributed by atoms with van der Waals surface area (Å²) < 4.78 is 25.8. The molecule has 3 aromatic rings. The van der Waals surface area contributed by atoms with Crippen LogP contribution >= 0.6 is 0 Å². The van der Waals surface area contributed by atoms with E-state index in [0.717, 1.165) is 18.4 Å². The Labute approximate surface area is 185 Å². The van der Waals surface area contributed by atoms with Crippen LogP contribution in [-0.4, -0.2) is 33.7 Å². The van der Waals surface area contributed by atoms with Crippen molar-refractivity contribution in [2.24, 2.45) is 0 Å². The van der Waals surface area contributed by atoms with Crippen molar-refractivity contribution in [2.75, 3.05) is 23.7 Å². The van der Waals surface area contributed by atoms with E-state index >= 15 is 0 Å². The summed E-state index contributed by atoms with van der Waals surface area (Å²) in [5.74, 6) is -0.0452. The van der Waals surface area contributed by atoms with Gasteiger partial charge in [-0.2, -0.15) is 0 Å².